The van der Waals surface area contributed by atoms with E-state index in [1.165, 1.54) is 16.2 Å². The van der Waals surface area contributed by atoms with Crippen LogP contribution < -0.4 is 16.4 Å². The molecule has 0 saturated carbocycles. The number of nitrogens with zero attached hydrogens (tertiary/aromatic N) is 1. The Labute approximate surface area is 168 Å². The lowest BCUT2D eigenvalue weighted by molar-refractivity contribution is -0.116. The van der Waals surface area contributed by atoms with Gasteiger partial charge in [-0.15, -0.1) is 11.3 Å². The summed E-state index contributed by atoms with van der Waals surface area (Å²) in [5.74, 6) is 0.229. The minimum Gasteiger partial charge on any atom is -0.449 e. The van der Waals surface area contributed by atoms with E-state index in [-0.39, 0.29) is 17.9 Å². The molecule has 2 heterocycles. The number of thiophene rings is 1. The fourth-order valence-corrected chi connectivity index (χ4v) is 4.59. The molecule has 4 N–H and O–H groups in total. The Morgan fingerprint density at radius 2 is 2.29 bits per heavy atom. The summed E-state index contributed by atoms with van der Waals surface area (Å²) in [6.07, 6.45) is 6.72. The zero-order valence-electron chi connectivity index (χ0n) is 16.0. The van der Waals surface area contributed by atoms with Gasteiger partial charge in [-0.2, -0.15) is 0 Å². The van der Waals surface area contributed by atoms with E-state index in [1.54, 1.807) is 12.4 Å². The molecule has 0 radical (unpaired) electrons. The molecule has 2 aromatic heterocycles. The highest BCUT2D eigenvalue weighted by Gasteiger charge is 2.26. The van der Waals surface area contributed by atoms with Crippen molar-refractivity contribution in [2.24, 2.45) is 5.92 Å². The summed E-state index contributed by atoms with van der Waals surface area (Å²) in [7, 11) is 0. The first-order valence-electron chi connectivity index (χ1n) is 9.56. The summed E-state index contributed by atoms with van der Waals surface area (Å²) >= 11 is 1.53. The van der Waals surface area contributed by atoms with Crippen molar-refractivity contribution in [2.75, 3.05) is 24.2 Å². The number of hydrogen-bond donors (Lipinski definition) is 3. The number of nitrogens with one attached hydrogen (secondary N) is 2. The molecule has 8 heteroatoms. The number of ether oxygens (including phenoxy) is 1. The van der Waals surface area contributed by atoms with E-state index in [2.05, 4.69) is 15.6 Å². The normalized spacial score (nSPS) is 15.5. The molecule has 28 heavy (non-hydrogen) atoms. The van der Waals surface area contributed by atoms with E-state index in [0.29, 0.717) is 31.7 Å². The summed E-state index contributed by atoms with van der Waals surface area (Å²) < 4.78 is 5.26. The molecule has 2 aromatic rings. The lowest BCUT2D eigenvalue weighted by Crippen LogP contribution is -2.27. The van der Waals surface area contributed by atoms with Gasteiger partial charge in [0.05, 0.1) is 12.3 Å². The van der Waals surface area contributed by atoms with Gasteiger partial charge in [0.25, 0.3) is 0 Å². The number of carbonyl (C=O) groups excluding carboxylic acids is 2. The Morgan fingerprint density at radius 3 is 3.04 bits per heavy atom. The van der Waals surface area contributed by atoms with Gasteiger partial charge in [-0.3, -0.25) is 9.78 Å². The van der Waals surface area contributed by atoms with Crippen LogP contribution in [-0.2, 0) is 28.8 Å². The maximum atomic E-state index is 12.3. The maximum Gasteiger partial charge on any atom is 0.407 e. The Hall–Kier alpha value is -2.61. The van der Waals surface area contributed by atoms with E-state index in [0.717, 1.165) is 35.4 Å². The Bertz CT molecular complexity index is 822. The third-order valence-electron chi connectivity index (χ3n) is 4.80. The van der Waals surface area contributed by atoms with Crippen LogP contribution in [-0.4, -0.2) is 30.1 Å². The monoisotopic (exact) mass is 402 g/mol. The molecule has 2 amide bonds. The number of nitrogen functional groups attached to an aromatic ring is 1. The Balaban J connectivity index is 1.54. The Kier molecular flexibility index (Phi) is 6.86. The molecule has 0 spiro atoms. The number of aromatic nitrogens is 1. The molecule has 0 unspecified atom stereocenters. The number of fused-ring (bicyclic) bond motifs is 1. The first-order valence-corrected chi connectivity index (χ1v) is 10.4. The van der Waals surface area contributed by atoms with Crippen LogP contribution in [0.5, 0.6) is 0 Å². The fourth-order valence-electron chi connectivity index (χ4n) is 3.30. The molecule has 1 aliphatic rings. The number of hydrogen-bond acceptors (Lipinski definition) is 6. The minimum absolute atomic E-state index is 0.0507. The van der Waals surface area contributed by atoms with Gasteiger partial charge in [0.1, 0.15) is 5.00 Å². The molecular weight excluding hydrogens is 376 g/mol. The second-order valence-corrected chi connectivity index (χ2v) is 8.00. The average Bonchev–Trinajstić information content (AvgIpc) is 3.00. The van der Waals surface area contributed by atoms with Crippen molar-refractivity contribution in [3.05, 3.63) is 40.5 Å². The molecule has 150 valence electrons. The van der Waals surface area contributed by atoms with Crippen LogP contribution in [0.3, 0.4) is 0 Å². The zero-order valence-corrected chi connectivity index (χ0v) is 16.8. The summed E-state index contributed by atoms with van der Waals surface area (Å²) in [4.78, 5) is 29.0. The highest BCUT2D eigenvalue weighted by Crippen LogP contribution is 2.41. The largest absolute Gasteiger partial charge is 0.449 e. The smallest absolute Gasteiger partial charge is 0.407 e. The summed E-state index contributed by atoms with van der Waals surface area (Å²) in [5.41, 5.74) is 9.12. The van der Waals surface area contributed by atoms with E-state index < -0.39 is 0 Å². The summed E-state index contributed by atoms with van der Waals surface area (Å²) in [6.45, 7) is 2.81. The number of amides is 2. The lowest BCUT2D eigenvalue weighted by Gasteiger charge is -2.22. The predicted molar refractivity (Wildman–Crippen MR) is 110 cm³/mol. The van der Waals surface area contributed by atoms with Gasteiger partial charge in [0.15, 0.2) is 0 Å². The molecule has 0 bridgehead atoms. The molecule has 0 saturated heterocycles. The van der Waals surface area contributed by atoms with Crippen molar-refractivity contribution in [1.82, 2.24) is 10.3 Å². The number of alkyl carbamates (subject to hydrolysis) is 1. The topological polar surface area (TPSA) is 106 Å². The van der Waals surface area contributed by atoms with Gasteiger partial charge in [-0.1, -0.05) is 6.07 Å². The quantitative estimate of drug-likeness (QED) is 0.660. The van der Waals surface area contributed by atoms with Crippen LogP contribution >= 0.6 is 11.3 Å². The van der Waals surface area contributed by atoms with Crippen LogP contribution in [0.25, 0.3) is 0 Å². The van der Waals surface area contributed by atoms with Crippen molar-refractivity contribution >= 4 is 34.0 Å². The number of nitrogens with two attached hydrogens (primary N) is 1. The molecule has 1 atom stereocenters. The number of pyridine rings is 1. The molecule has 3 rings (SSSR count). The molecular formula is C20H26N4O3S. The first-order chi connectivity index (χ1) is 13.6. The molecule has 0 aliphatic heterocycles. The van der Waals surface area contributed by atoms with Gasteiger partial charge >= 0.3 is 6.09 Å². The minimum atomic E-state index is -0.374. The number of aryl methyl sites for hydroxylation is 1. The number of anilines is 2. The fraction of sp³-hybridized carbons (Fsp3) is 0.450. The van der Waals surface area contributed by atoms with Gasteiger partial charge < -0.3 is 21.1 Å². The molecule has 1 aliphatic carbocycles. The third kappa shape index (κ3) is 5.22. The van der Waals surface area contributed by atoms with Crippen LogP contribution in [0, 0.1) is 5.92 Å². The number of carbonyl (C=O) groups is 2. The van der Waals surface area contributed by atoms with Crippen LogP contribution in [0.2, 0.25) is 0 Å². The second kappa shape index (κ2) is 9.54. The van der Waals surface area contributed by atoms with Crippen molar-refractivity contribution in [3.63, 3.8) is 0 Å². The van der Waals surface area contributed by atoms with Gasteiger partial charge in [-0.25, -0.2) is 4.79 Å². The Morgan fingerprint density at radius 1 is 1.43 bits per heavy atom. The first kappa shape index (κ1) is 20.1. The van der Waals surface area contributed by atoms with Crippen molar-refractivity contribution < 1.29 is 14.3 Å². The SMILES string of the molecule is CCNC(=O)OC[C@H]1CCc2c(sc(NC(=O)CCc3cccnc3)c2N)C1. The standard InChI is InChI=1S/C20H26N4O3S/c1-2-23-20(26)27-12-14-5-7-15-16(10-14)28-19(18(15)21)24-17(25)8-6-13-4-3-9-22-11-13/h3-4,9,11,14H,2,5-8,10,12,21H2,1H3,(H,23,26)(H,24,25)/t14-/m0/s1. The van der Waals surface area contributed by atoms with Crippen LogP contribution in [0.4, 0.5) is 15.5 Å². The van der Waals surface area contributed by atoms with Gasteiger partial charge in [0, 0.05) is 30.2 Å². The average molecular weight is 403 g/mol. The lowest BCUT2D eigenvalue weighted by atomic mass is 9.89. The zero-order chi connectivity index (χ0) is 19.9. The highest BCUT2D eigenvalue weighted by molar-refractivity contribution is 7.17. The summed E-state index contributed by atoms with van der Waals surface area (Å²) in [6, 6.07) is 3.83. The van der Waals surface area contributed by atoms with E-state index in [1.807, 2.05) is 19.1 Å². The van der Waals surface area contributed by atoms with Crippen molar-refractivity contribution in [2.45, 2.75) is 39.0 Å². The van der Waals surface area contributed by atoms with Crippen LogP contribution in [0.1, 0.15) is 35.8 Å². The van der Waals surface area contributed by atoms with Gasteiger partial charge in [-0.05, 0) is 55.7 Å². The second-order valence-electron chi connectivity index (χ2n) is 6.89. The maximum absolute atomic E-state index is 12.3. The molecule has 0 fully saturated rings. The number of rotatable bonds is 7. The predicted octanol–water partition coefficient (Wildman–Crippen LogP) is 3.15. The van der Waals surface area contributed by atoms with Crippen molar-refractivity contribution in [3.8, 4) is 0 Å². The van der Waals surface area contributed by atoms with E-state index in [4.69, 9.17) is 10.5 Å². The molecule has 7 nitrogen and oxygen atoms in total. The van der Waals surface area contributed by atoms with Gasteiger partial charge in [0.2, 0.25) is 5.91 Å². The van der Waals surface area contributed by atoms with Crippen LogP contribution in [0.15, 0.2) is 24.5 Å². The highest BCUT2D eigenvalue weighted by atomic mass is 32.1. The summed E-state index contributed by atoms with van der Waals surface area (Å²) in [5, 5.41) is 6.32. The van der Waals surface area contributed by atoms with E-state index >= 15 is 0 Å². The van der Waals surface area contributed by atoms with E-state index in [9.17, 15) is 9.59 Å². The third-order valence-corrected chi connectivity index (χ3v) is 5.98. The molecule has 0 aromatic carbocycles. The van der Waals surface area contributed by atoms with Crippen molar-refractivity contribution in [1.29, 1.82) is 0 Å².